The van der Waals surface area contributed by atoms with Crippen molar-refractivity contribution in [3.8, 4) is 0 Å². The van der Waals surface area contributed by atoms with Crippen LogP contribution in [0.3, 0.4) is 0 Å². The molecule has 1 aromatic carbocycles. The second-order valence-electron chi connectivity index (χ2n) is 4.38. The highest BCUT2D eigenvalue weighted by Crippen LogP contribution is 2.19. The first-order valence-corrected chi connectivity index (χ1v) is 7.23. The van der Waals surface area contributed by atoms with E-state index in [1.807, 2.05) is 0 Å². The molecular weight excluding hydrogens is 283 g/mol. The number of aryl methyl sites for hydroxylation is 2. The maximum Gasteiger partial charge on any atom is 0.262 e. The van der Waals surface area contributed by atoms with E-state index in [2.05, 4.69) is 4.72 Å². The van der Waals surface area contributed by atoms with E-state index in [0.29, 0.717) is 5.56 Å². The lowest BCUT2D eigenvalue weighted by Gasteiger charge is -2.11. The van der Waals surface area contributed by atoms with Gasteiger partial charge in [-0.1, -0.05) is 0 Å². The molecular formula is C13H13FN2O3S. The first kappa shape index (κ1) is 14.3. The van der Waals surface area contributed by atoms with Crippen LogP contribution in [0.4, 0.5) is 10.1 Å². The molecule has 1 N–H and O–H groups in total. The van der Waals surface area contributed by atoms with E-state index >= 15 is 0 Å². The molecule has 106 valence electrons. The Morgan fingerprint density at radius 2 is 1.90 bits per heavy atom. The van der Waals surface area contributed by atoms with Crippen molar-refractivity contribution >= 4 is 15.7 Å². The van der Waals surface area contributed by atoms with Gasteiger partial charge in [-0.25, -0.2) is 12.8 Å². The lowest BCUT2D eigenvalue weighted by Crippen LogP contribution is -2.18. The highest BCUT2D eigenvalue weighted by molar-refractivity contribution is 7.92. The fourth-order valence-corrected chi connectivity index (χ4v) is 3.05. The van der Waals surface area contributed by atoms with E-state index in [1.54, 1.807) is 0 Å². The zero-order chi connectivity index (χ0) is 14.9. The summed E-state index contributed by atoms with van der Waals surface area (Å²) in [6.45, 7) is 1.51. The van der Waals surface area contributed by atoms with E-state index in [-0.39, 0.29) is 16.1 Å². The number of anilines is 1. The third kappa shape index (κ3) is 2.88. The van der Waals surface area contributed by atoms with Gasteiger partial charge in [-0.2, -0.15) is 0 Å². The maximum absolute atomic E-state index is 13.0. The van der Waals surface area contributed by atoms with Crippen molar-refractivity contribution in [2.45, 2.75) is 11.8 Å². The van der Waals surface area contributed by atoms with Crippen LogP contribution in [0.25, 0.3) is 0 Å². The van der Waals surface area contributed by atoms with Gasteiger partial charge in [0.1, 0.15) is 5.82 Å². The molecule has 2 aromatic rings. The summed E-state index contributed by atoms with van der Waals surface area (Å²) in [5, 5.41) is 0. The van der Waals surface area contributed by atoms with Crippen LogP contribution in [-0.2, 0) is 17.1 Å². The van der Waals surface area contributed by atoms with Gasteiger partial charge in [0, 0.05) is 19.3 Å². The molecule has 0 saturated heterocycles. The van der Waals surface area contributed by atoms with E-state index in [0.717, 1.165) is 12.1 Å². The monoisotopic (exact) mass is 296 g/mol. The minimum atomic E-state index is -3.82. The Labute approximate surface area is 115 Å². The maximum atomic E-state index is 13.0. The quantitative estimate of drug-likeness (QED) is 0.936. The third-order valence-corrected chi connectivity index (χ3v) is 4.31. The average molecular weight is 296 g/mol. The number of hydrogen-bond acceptors (Lipinski definition) is 3. The van der Waals surface area contributed by atoms with Crippen molar-refractivity contribution in [2.24, 2.45) is 7.05 Å². The van der Waals surface area contributed by atoms with Crippen LogP contribution in [-0.4, -0.2) is 13.0 Å². The van der Waals surface area contributed by atoms with Gasteiger partial charge in [0.05, 0.1) is 10.6 Å². The number of aromatic nitrogens is 1. The minimum Gasteiger partial charge on any atom is -0.316 e. The zero-order valence-corrected chi connectivity index (χ0v) is 11.7. The van der Waals surface area contributed by atoms with E-state index in [4.69, 9.17) is 0 Å². The van der Waals surface area contributed by atoms with E-state index in [9.17, 15) is 17.6 Å². The predicted octanol–water partition coefficient (Wildman–Crippen LogP) is 1.63. The van der Waals surface area contributed by atoms with Crippen molar-refractivity contribution in [1.82, 2.24) is 4.57 Å². The summed E-state index contributed by atoms with van der Waals surface area (Å²) in [6, 6.07) is 6.07. The highest BCUT2D eigenvalue weighted by Gasteiger charge is 2.17. The lowest BCUT2D eigenvalue weighted by molar-refractivity contribution is 0.598. The van der Waals surface area contributed by atoms with Gasteiger partial charge >= 0.3 is 0 Å². The van der Waals surface area contributed by atoms with Gasteiger partial charge in [-0.05, 0) is 36.8 Å². The molecule has 1 aromatic heterocycles. The van der Waals surface area contributed by atoms with E-state index < -0.39 is 15.8 Å². The summed E-state index contributed by atoms with van der Waals surface area (Å²) >= 11 is 0. The molecule has 0 aliphatic heterocycles. The predicted molar refractivity (Wildman–Crippen MR) is 73.6 cm³/mol. The Hall–Kier alpha value is -2.15. The van der Waals surface area contributed by atoms with Gasteiger partial charge in [0.15, 0.2) is 0 Å². The van der Waals surface area contributed by atoms with Crippen molar-refractivity contribution < 1.29 is 12.8 Å². The minimum absolute atomic E-state index is 0.00671. The summed E-state index contributed by atoms with van der Waals surface area (Å²) in [7, 11) is -2.31. The van der Waals surface area contributed by atoms with Crippen molar-refractivity contribution in [3.63, 3.8) is 0 Å². The SMILES string of the molecule is Cc1cc(F)ccc1S(=O)(=O)Nc1ccc(=O)n(C)c1. The number of pyridine rings is 1. The van der Waals surface area contributed by atoms with Crippen LogP contribution >= 0.6 is 0 Å². The second kappa shape index (κ2) is 5.09. The second-order valence-corrected chi connectivity index (χ2v) is 6.03. The Morgan fingerprint density at radius 1 is 1.20 bits per heavy atom. The van der Waals surface area contributed by atoms with E-state index in [1.165, 1.54) is 42.9 Å². The standard InChI is InChI=1S/C13H13FN2O3S/c1-9-7-10(14)3-5-12(9)20(18,19)15-11-4-6-13(17)16(2)8-11/h3-8,15H,1-2H3. The Balaban J connectivity index is 2.40. The average Bonchev–Trinajstić information content (AvgIpc) is 2.33. The number of rotatable bonds is 3. The van der Waals surface area contributed by atoms with Crippen molar-refractivity contribution in [1.29, 1.82) is 0 Å². The normalized spacial score (nSPS) is 11.3. The van der Waals surface area contributed by atoms with Gasteiger partial charge in [0.25, 0.3) is 10.0 Å². The van der Waals surface area contributed by atoms with Gasteiger partial charge in [0.2, 0.25) is 5.56 Å². The fourth-order valence-electron chi connectivity index (χ4n) is 1.78. The molecule has 7 heteroatoms. The first-order chi connectivity index (χ1) is 9.29. The summed E-state index contributed by atoms with van der Waals surface area (Å²) in [5.41, 5.74) is 0.323. The third-order valence-electron chi connectivity index (χ3n) is 2.76. The zero-order valence-electron chi connectivity index (χ0n) is 10.9. The molecule has 5 nitrogen and oxygen atoms in total. The molecule has 20 heavy (non-hydrogen) atoms. The van der Waals surface area contributed by atoms with Crippen LogP contribution in [0.15, 0.2) is 46.2 Å². The molecule has 0 aliphatic carbocycles. The largest absolute Gasteiger partial charge is 0.316 e. The molecule has 2 rings (SSSR count). The number of benzene rings is 1. The van der Waals surface area contributed by atoms with Gasteiger partial charge < -0.3 is 4.57 Å². The number of sulfonamides is 1. The highest BCUT2D eigenvalue weighted by atomic mass is 32.2. The summed E-state index contributed by atoms with van der Waals surface area (Å²) < 4.78 is 41.0. The molecule has 0 radical (unpaired) electrons. The first-order valence-electron chi connectivity index (χ1n) is 5.75. The van der Waals surface area contributed by atoms with Crippen LogP contribution < -0.4 is 10.3 Å². The number of nitrogens with zero attached hydrogens (tertiary/aromatic N) is 1. The molecule has 0 aliphatic rings. The number of hydrogen-bond donors (Lipinski definition) is 1. The van der Waals surface area contributed by atoms with Crippen LogP contribution in [0.5, 0.6) is 0 Å². The van der Waals surface area contributed by atoms with Crippen LogP contribution in [0, 0.1) is 12.7 Å². The topological polar surface area (TPSA) is 68.2 Å². The molecule has 1 heterocycles. The molecule has 0 atom stereocenters. The van der Waals surface area contributed by atoms with Crippen LogP contribution in [0.1, 0.15) is 5.56 Å². The summed E-state index contributed by atoms with van der Waals surface area (Å²) in [6.07, 6.45) is 1.37. The Kier molecular flexibility index (Phi) is 3.63. The van der Waals surface area contributed by atoms with Crippen molar-refractivity contribution in [2.75, 3.05) is 4.72 Å². The Morgan fingerprint density at radius 3 is 2.50 bits per heavy atom. The van der Waals surface area contributed by atoms with Gasteiger partial charge in [-0.15, -0.1) is 0 Å². The molecule has 0 spiro atoms. The van der Waals surface area contributed by atoms with Crippen molar-refractivity contribution in [3.05, 3.63) is 58.3 Å². The summed E-state index contributed by atoms with van der Waals surface area (Å²) in [5.74, 6) is -0.497. The van der Waals surface area contributed by atoms with Gasteiger partial charge in [-0.3, -0.25) is 9.52 Å². The molecule has 0 amide bonds. The number of nitrogens with one attached hydrogen (secondary N) is 1. The smallest absolute Gasteiger partial charge is 0.262 e. The number of halogens is 1. The molecule has 0 bridgehead atoms. The van der Waals surface area contributed by atoms with Crippen LogP contribution in [0.2, 0.25) is 0 Å². The summed E-state index contributed by atoms with van der Waals surface area (Å²) in [4.78, 5) is 11.2. The molecule has 0 saturated carbocycles. The lowest BCUT2D eigenvalue weighted by atomic mass is 10.2. The Bertz CT molecular complexity index is 813. The molecule has 0 fully saturated rings. The fraction of sp³-hybridized carbons (Fsp3) is 0.154. The molecule has 0 unspecified atom stereocenters.